The van der Waals surface area contributed by atoms with Gasteiger partial charge in [0.15, 0.2) is 5.82 Å². The number of halogens is 2. The third-order valence-electron chi connectivity index (χ3n) is 1.10. The van der Waals surface area contributed by atoms with Gasteiger partial charge in [0, 0.05) is 7.11 Å². The molecule has 0 spiro atoms. The van der Waals surface area contributed by atoms with Gasteiger partial charge < -0.3 is 4.74 Å². The molecular weight excluding hydrogens is 215 g/mol. The van der Waals surface area contributed by atoms with E-state index < -0.39 is 5.82 Å². The van der Waals surface area contributed by atoms with E-state index in [1.807, 2.05) is 0 Å². The summed E-state index contributed by atoms with van der Waals surface area (Å²) in [5.41, 5.74) is 0.259. The van der Waals surface area contributed by atoms with Gasteiger partial charge in [0.25, 0.3) is 0 Å². The zero-order chi connectivity index (χ0) is 8.27. The molecule has 0 aromatic carbocycles. The summed E-state index contributed by atoms with van der Waals surface area (Å²) in [6.45, 7) is 0.160. The van der Waals surface area contributed by atoms with E-state index in [4.69, 9.17) is 4.74 Å². The number of rotatable bonds is 2. The lowest BCUT2D eigenvalue weighted by atomic mass is 10.4. The first-order chi connectivity index (χ1) is 5.25. The topological polar surface area (TPSA) is 35.0 Å². The molecule has 0 atom stereocenters. The van der Waals surface area contributed by atoms with E-state index in [9.17, 15) is 4.39 Å². The molecular formula is C6H6BrFN2O. The van der Waals surface area contributed by atoms with Crippen molar-refractivity contribution in [3.63, 3.8) is 0 Å². The van der Waals surface area contributed by atoms with Gasteiger partial charge in [-0.15, -0.1) is 0 Å². The molecule has 1 aromatic rings. The fraction of sp³-hybridized carbons (Fsp3) is 0.333. The van der Waals surface area contributed by atoms with Crippen molar-refractivity contribution >= 4 is 15.9 Å². The Labute approximate surface area is 71.7 Å². The maximum Gasteiger partial charge on any atom is 0.179 e. The lowest BCUT2D eigenvalue weighted by Crippen LogP contribution is -1.98. The number of aromatic nitrogens is 2. The second-order valence-electron chi connectivity index (χ2n) is 1.86. The van der Waals surface area contributed by atoms with Crippen LogP contribution in [0.2, 0.25) is 0 Å². The Hall–Kier alpha value is -0.550. The first-order valence-electron chi connectivity index (χ1n) is 2.89. The summed E-state index contributed by atoms with van der Waals surface area (Å²) in [6, 6.07) is 0. The molecule has 1 heterocycles. The highest BCUT2D eigenvalue weighted by molar-refractivity contribution is 9.10. The van der Waals surface area contributed by atoms with E-state index in [1.54, 1.807) is 0 Å². The van der Waals surface area contributed by atoms with Gasteiger partial charge in [-0.2, -0.15) is 0 Å². The molecule has 0 saturated heterocycles. The van der Waals surface area contributed by atoms with Gasteiger partial charge in [-0.25, -0.2) is 14.4 Å². The summed E-state index contributed by atoms with van der Waals surface area (Å²) in [5.74, 6) is -0.464. The van der Waals surface area contributed by atoms with Crippen LogP contribution in [0.1, 0.15) is 5.69 Å². The van der Waals surface area contributed by atoms with E-state index in [0.717, 1.165) is 0 Å². The highest BCUT2D eigenvalue weighted by Crippen LogP contribution is 2.13. The molecule has 0 amide bonds. The second-order valence-corrected chi connectivity index (χ2v) is 2.61. The molecule has 0 unspecified atom stereocenters. The van der Waals surface area contributed by atoms with Gasteiger partial charge in [0.05, 0.1) is 6.61 Å². The fourth-order valence-electron chi connectivity index (χ4n) is 0.619. The van der Waals surface area contributed by atoms with Crippen molar-refractivity contribution in [2.75, 3.05) is 7.11 Å². The fourth-order valence-corrected chi connectivity index (χ4v) is 0.939. The predicted octanol–water partition coefficient (Wildman–Crippen LogP) is 1.52. The summed E-state index contributed by atoms with van der Waals surface area (Å²) in [4.78, 5) is 7.28. The van der Waals surface area contributed by atoms with Crippen LogP contribution in [0.25, 0.3) is 0 Å². The molecule has 60 valence electrons. The zero-order valence-electron chi connectivity index (χ0n) is 5.84. The van der Waals surface area contributed by atoms with E-state index in [0.29, 0.717) is 0 Å². The minimum Gasteiger partial charge on any atom is -0.378 e. The van der Waals surface area contributed by atoms with E-state index in [2.05, 4.69) is 25.9 Å². The maximum atomic E-state index is 12.9. The molecule has 0 aliphatic carbocycles. The Morgan fingerprint density at radius 3 is 3.00 bits per heavy atom. The highest BCUT2D eigenvalue weighted by atomic mass is 79.9. The number of nitrogens with zero attached hydrogens (tertiary/aromatic N) is 2. The minimum atomic E-state index is -0.464. The summed E-state index contributed by atoms with van der Waals surface area (Å²) in [6.07, 6.45) is 1.28. The van der Waals surface area contributed by atoms with Crippen LogP contribution in [-0.4, -0.2) is 17.1 Å². The molecule has 1 rings (SSSR count). The van der Waals surface area contributed by atoms with Crippen LogP contribution in [0.4, 0.5) is 4.39 Å². The van der Waals surface area contributed by atoms with Gasteiger partial charge in [0.1, 0.15) is 16.6 Å². The smallest absolute Gasteiger partial charge is 0.179 e. The van der Waals surface area contributed by atoms with Crippen LogP contribution < -0.4 is 0 Å². The van der Waals surface area contributed by atoms with E-state index >= 15 is 0 Å². The summed E-state index contributed by atoms with van der Waals surface area (Å²) in [5, 5.41) is 0. The van der Waals surface area contributed by atoms with Crippen LogP contribution in [0.3, 0.4) is 0 Å². The average molecular weight is 221 g/mol. The molecule has 0 fully saturated rings. The van der Waals surface area contributed by atoms with Crippen molar-refractivity contribution in [2.24, 2.45) is 0 Å². The zero-order valence-corrected chi connectivity index (χ0v) is 7.43. The van der Waals surface area contributed by atoms with Crippen molar-refractivity contribution in [1.29, 1.82) is 0 Å². The van der Waals surface area contributed by atoms with Crippen molar-refractivity contribution in [3.8, 4) is 0 Å². The Balaban J connectivity index is 2.96. The number of hydrogen-bond donors (Lipinski definition) is 0. The lowest BCUT2D eigenvalue weighted by molar-refractivity contribution is 0.177. The Bertz CT molecular complexity index is 256. The number of ether oxygens (including phenoxy) is 1. The van der Waals surface area contributed by atoms with E-state index in [-0.39, 0.29) is 16.9 Å². The predicted molar refractivity (Wildman–Crippen MR) is 40.4 cm³/mol. The molecule has 0 aliphatic rings. The van der Waals surface area contributed by atoms with Gasteiger partial charge in [-0.05, 0) is 15.9 Å². The standard InChI is InChI=1S/C6H6BrFN2O/c1-11-2-4-5(8)6(7)10-3-9-4/h3H,2H2,1H3. The van der Waals surface area contributed by atoms with Crippen molar-refractivity contribution in [1.82, 2.24) is 9.97 Å². The Kier molecular flexibility index (Phi) is 2.90. The summed E-state index contributed by atoms with van der Waals surface area (Å²) in [7, 11) is 1.48. The molecule has 3 nitrogen and oxygen atoms in total. The first-order valence-corrected chi connectivity index (χ1v) is 3.69. The molecule has 0 radical (unpaired) electrons. The van der Waals surface area contributed by atoms with Gasteiger partial charge in [-0.1, -0.05) is 0 Å². The van der Waals surface area contributed by atoms with Crippen LogP contribution in [0, 0.1) is 5.82 Å². The SMILES string of the molecule is COCc1ncnc(Br)c1F. The van der Waals surface area contributed by atoms with Crippen LogP contribution >= 0.6 is 15.9 Å². The highest BCUT2D eigenvalue weighted by Gasteiger charge is 2.07. The second kappa shape index (κ2) is 3.73. The third kappa shape index (κ3) is 1.94. The minimum absolute atomic E-state index is 0.160. The largest absolute Gasteiger partial charge is 0.378 e. The first kappa shape index (κ1) is 8.55. The molecule has 0 N–H and O–H groups in total. The molecule has 0 saturated carbocycles. The van der Waals surface area contributed by atoms with Crippen molar-refractivity contribution in [3.05, 3.63) is 22.4 Å². The Morgan fingerprint density at radius 1 is 1.64 bits per heavy atom. The van der Waals surface area contributed by atoms with Crippen LogP contribution in [0.5, 0.6) is 0 Å². The molecule has 0 bridgehead atoms. The molecule has 11 heavy (non-hydrogen) atoms. The van der Waals surface area contributed by atoms with Crippen LogP contribution in [0.15, 0.2) is 10.9 Å². The van der Waals surface area contributed by atoms with Crippen molar-refractivity contribution in [2.45, 2.75) is 6.61 Å². The quantitative estimate of drug-likeness (QED) is 0.710. The third-order valence-corrected chi connectivity index (χ3v) is 1.65. The Morgan fingerprint density at radius 2 is 2.36 bits per heavy atom. The lowest BCUT2D eigenvalue weighted by Gasteiger charge is -1.99. The normalized spacial score (nSPS) is 10.1. The maximum absolute atomic E-state index is 12.9. The van der Waals surface area contributed by atoms with Crippen LogP contribution in [-0.2, 0) is 11.3 Å². The van der Waals surface area contributed by atoms with Gasteiger partial charge in [-0.3, -0.25) is 0 Å². The molecule has 1 aromatic heterocycles. The molecule has 5 heteroatoms. The summed E-state index contributed by atoms with van der Waals surface area (Å²) >= 11 is 2.93. The van der Waals surface area contributed by atoms with Crippen molar-refractivity contribution < 1.29 is 9.13 Å². The van der Waals surface area contributed by atoms with Gasteiger partial charge >= 0.3 is 0 Å². The average Bonchev–Trinajstić information content (AvgIpc) is 1.99. The van der Waals surface area contributed by atoms with Gasteiger partial charge in [0.2, 0.25) is 0 Å². The summed E-state index contributed by atoms with van der Waals surface area (Å²) < 4.78 is 17.8. The van der Waals surface area contributed by atoms with E-state index in [1.165, 1.54) is 13.4 Å². The monoisotopic (exact) mass is 220 g/mol. The number of methoxy groups -OCH3 is 1. The number of hydrogen-bond acceptors (Lipinski definition) is 3. The molecule has 0 aliphatic heterocycles.